The quantitative estimate of drug-likeness (QED) is 0.740. The van der Waals surface area contributed by atoms with E-state index >= 15 is 0 Å². The molecule has 1 aliphatic rings. The van der Waals surface area contributed by atoms with Gasteiger partial charge in [-0.1, -0.05) is 18.2 Å². The second kappa shape index (κ2) is 6.03. The molecule has 4 rings (SSSR count). The standard InChI is InChI=1S/C18H19N3O2S/c1-11-13-5-3-4-6-16(13)24-17(11)10-21-8-12(9-21)14-7-15(20-19-14)18(22)23-2/h3-7,12H,8-10H2,1-2H3,(H,19,20). The molecule has 0 aliphatic carbocycles. The van der Waals surface area contributed by atoms with Gasteiger partial charge in [0.25, 0.3) is 0 Å². The summed E-state index contributed by atoms with van der Waals surface area (Å²) in [6.45, 7) is 5.16. The number of thiophene rings is 1. The van der Waals surface area contributed by atoms with Crippen LogP contribution in [0.3, 0.4) is 0 Å². The van der Waals surface area contributed by atoms with Gasteiger partial charge in [-0.3, -0.25) is 10.00 Å². The van der Waals surface area contributed by atoms with E-state index in [0.29, 0.717) is 11.6 Å². The first-order valence-corrected chi connectivity index (χ1v) is 8.80. The SMILES string of the molecule is COC(=O)c1cc(C2CN(Cc3sc4ccccc4c3C)C2)[nH]n1. The molecule has 24 heavy (non-hydrogen) atoms. The van der Waals surface area contributed by atoms with E-state index in [2.05, 4.69) is 46.3 Å². The van der Waals surface area contributed by atoms with Gasteiger partial charge in [0.2, 0.25) is 0 Å². The lowest BCUT2D eigenvalue weighted by molar-refractivity contribution is 0.0594. The zero-order valence-corrected chi connectivity index (χ0v) is 14.5. The summed E-state index contributed by atoms with van der Waals surface area (Å²) in [4.78, 5) is 15.3. The zero-order valence-electron chi connectivity index (χ0n) is 13.7. The molecule has 1 aliphatic heterocycles. The Morgan fingerprint density at radius 3 is 2.96 bits per heavy atom. The molecule has 0 amide bonds. The average Bonchev–Trinajstić information content (AvgIpc) is 3.16. The Bertz CT molecular complexity index is 893. The van der Waals surface area contributed by atoms with Gasteiger partial charge >= 0.3 is 5.97 Å². The van der Waals surface area contributed by atoms with Crippen LogP contribution >= 0.6 is 11.3 Å². The number of aromatic nitrogens is 2. The van der Waals surface area contributed by atoms with E-state index in [0.717, 1.165) is 25.3 Å². The van der Waals surface area contributed by atoms with Gasteiger partial charge in [0.1, 0.15) is 0 Å². The van der Waals surface area contributed by atoms with Crippen LogP contribution in [-0.2, 0) is 11.3 Å². The Labute approximate surface area is 144 Å². The third kappa shape index (κ3) is 2.61. The van der Waals surface area contributed by atoms with Gasteiger partial charge in [-0.15, -0.1) is 11.3 Å². The van der Waals surface area contributed by atoms with Crippen LogP contribution < -0.4 is 0 Å². The molecule has 1 N–H and O–H groups in total. The maximum Gasteiger partial charge on any atom is 0.358 e. The van der Waals surface area contributed by atoms with Crippen molar-refractivity contribution >= 4 is 27.4 Å². The molecule has 1 saturated heterocycles. The van der Waals surface area contributed by atoms with Crippen LogP contribution in [0.1, 0.15) is 32.5 Å². The number of aryl methyl sites for hydroxylation is 1. The molecule has 1 fully saturated rings. The molecule has 3 aromatic rings. The Hall–Kier alpha value is -2.18. The van der Waals surface area contributed by atoms with Crippen LogP contribution in [-0.4, -0.2) is 41.3 Å². The number of ether oxygens (including phenoxy) is 1. The maximum atomic E-state index is 11.5. The molecule has 5 nitrogen and oxygen atoms in total. The molecule has 2 aromatic heterocycles. The molecular weight excluding hydrogens is 322 g/mol. The van der Waals surface area contributed by atoms with E-state index in [1.54, 1.807) is 6.07 Å². The van der Waals surface area contributed by atoms with Gasteiger partial charge in [0.05, 0.1) is 7.11 Å². The molecule has 1 aromatic carbocycles. The monoisotopic (exact) mass is 341 g/mol. The Morgan fingerprint density at radius 2 is 2.21 bits per heavy atom. The summed E-state index contributed by atoms with van der Waals surface area (Å²) < 4.78 is 6.05. The average molecular weight is 341 g/mol. The minimum atomic E-state index is -0.394. The molecular formula is C18H19N3O2S. The summed E-state index contributed by atoms with van der Waals surface area (Å²) in [7, 11) is 1.37. The number of hydrogen-bond acceptors (Lipinski definition) is 5. The first-order valence-electron chi connectivity index (χ1n) is 7.98. The molecule has 6 heteroatoms. The number of carbonyl (C=O) groups excluding carboxylic acids is 1. The van der Waals surface area contributed by atoms with Crippen molar-refractivity contribution in [3.8, 4) is 0 Å². The van der Waals surface area contributed by atoms with E-state index in [4.69, 9.17) is 4.74 Å². The van der Waals surface area contributed by atoms with Crippen LogP contribution in [0.15, 0.2) is 30.3 Å². The second-order valence-electron chi connectivity index (χ2n) is 6.24. The van der Waals surface area contributed by atoms with E-state index in [1.807, 2.05) is 11.3 Å². The van der Waals surface area contributed by atoms with Crippen LogP contribution in [0, 0.1) is 6.92 Å². The predicted octanol–water partition coefficient (Wildman–Crippen LogP) is 3.32. The van der Waals surface area contributed by atoms with Gasteiger partial charge < -0.3 is 4.74 Å². The van der Waals surface area contributed by atoms with Crippen molar-refractivity contribution in [2.24, 2.45) is 0 Å². The maximum absolute atomic E-state index is 11.5. The lowest BCUT2D eigenvalue weighted by Crippen LogP contribution is -2.44. The summed E-state index contributed by atoms with van der Waals surface area (Å²) >= 11 is 1.89. The van der Waals surface area contributed by atoms with Crippen LogP contribution in [0.5, 0.6) is 0 Å². The number of benzene rings is 1. The number of nitrogens with zero attached hydrogens (tertiary/aromatic N) is 2. The number of carbonyl (C=O) groups is 1. The Balaban J connectivity index is 1.41. The molecule has 0 atom stereocenters. The summed E-state index contributed by atoms with van der Waals surface area (Å²) in [5, 5.41) is 8.36. The number of methoxy groups -OCH3 is 1. The normalized spacial score (nSPS) is 15.6. The van der Waals surface area contributed by atoms with Gasteiger partial charge in [-0.05, 0) is 30.0 Å². The fourth-order valence-electron chi connectivity index (χ4n) is 3.23. The highest BCUT2D eigenvalue weighted by molar-refractivity contribution is 7.19. The molecule has 0 spiro atoms. The molecule has 3 heterocycles. The third-order valence-corrected chi connectivity index (χ3v) is 5.96. The van der Waals surface area contributed by atoms with E-state index in [-0.39, 0.29) is 0 Å². The fourth-order valence-corrected chi connectivity index (χ4v) is 4.48. The largest absolute Gasteiger partial charge is 0.464 e. The summed E-state index contributed by atoms with van der Waals surface area (Å²) in [5.41, 5.74) is 2.76. The van der Waals surface area contributed by atoms with Crippen molar-refractivity contribution in [3.05, 3.63) is 52.2 Å². The van der Waals surface area contributed by atoms with E-state index < -0.39 is 5.97 Å². The second-order valence-corrected chi connectivity index (χ2v) is 7.37. The highest BCUT2D eigenvalue weighted by Crippen LogP contribution is 2.34. The number of aromatic amines is 1. The number of nitrogens with one attached hydrogen (secondary N) is 1. The number of fused-ring (bicyclic) bond motifs is 1. The Kier molecular flexibility index (Phi) is 3.86. The molecule has 0 saturated carbocycles. The molecule has 0 unspecified atom stereocenters. The van der Waals surface area contributed by atoms with Crippen LogP contribution in [0.25, 0.3) is 10.1 Å². The third-order valence-electron chi connectivity index (χ3n) is 4.70. The number of rotatable bonds is 4. The van der Waals surface area contributed by atoms with Gasteiger partial charge in [-0.25, -0.2) is 4.79 Å². The summed E-state index contributed by atoms with van der Waals surface area (Å²) in [6.07, 6.45) is 0. The van der Waals surface area contributed by atoms with Crippen LogP contribution in [0.2, 0.25) is 0 Å². The predicted molar refractivity (Wildman–Crippen MR) is 94.5 cm³/mol. The number of H-pyrrole nitrogens is 1. The summed E-state index contributed by atoms with van der Waals surface area (Å²) in [6, 6.07) is 10.4. The number of hydrogen-bond donors (Lipinski definition) is 1. The Morgan fingerprint density at radius 1 is 1.42 bits per heavy atom. The smallest absolute Gasteiger partial charge is 0.358 e. The van der Waals surface area contributed by atoms with E-state index in [1.165, 1.54) is 27.6 Å². The van der Waals surface area contributed by atoms with E-state index in [9.17, 15) is 4.79 Å². The van der Waals surface area contributed by atoms with Crippen molar-refractivity contribution in [1.29, 1.82) is 0 Å². The minimum Gasteiger partial charge on any atom is -0.464 e. The highest BCUT2D eigenvalue weighted by atomic mass is 32.1. The summed E-state index contributed by atoms with van der Waals surface area (Å²) in [5.74, 6) is 0.0140. The van der Waals surface area contributed by atoms with Crippen LogP contribution in [0.4, 0.5) is 0 Å². The van der Waals surface area contributed by atoms with Crippen molar-refractivity contribution in [2.45, 2.75) is 19.4 Å². The highest BCUT2D eigenvalue weighted by Gasteiger charge is 2.30. The fraction of sp³-hybridized carbons (Fsp3) is 0.333. The van der Waals surface area contributed by atoms with Gasteiger partial charge in [-0.2, -0.15) is 5.10 Å². The number of likely N-dealkylation sites (tertiary alicyclic amines) is 1. The minimum absolute atomic E-state index is 0.353. The van der Waals surface area contributed by atoms with Crippen molar-refractivity contribution < 1.29 is 9.53 Å². The first-order chi connectivity index (χ1) is 11.7. The van der Waals surface area contributed by atoms with Gasteiger partial charge in [0, 0.05) is 40.8 Å². The lowest BCUT2D eigenvalue weighted by Gasteiger charge is -2.38. The van der Waals surface area contributed by atoms with Crippen molar-refractivity contribution in [2.75, 3.05) is 20.2 Å². The van der Waals surface area contributed by atoms with Crippen molar-refractivity contribution in [1.82, 2.24) is 15.1 Å². The lowest BCUT2D eigenvalue weighted by atomic mass is 9.96. The van der Waals surface area contributed by atoms with Gasteiger partial charge in [0.15, 0.2) is 5.69 Å². The molecule has 0 bridgehead atoms. The number of esters is 1. The first kappa shape index (κ1) is 15.4. The molecule has 124 valence electrons. The molecule has 0 radical (unpaired) electrons. The van der Waals surface area contributed by atoms with Crippen molar-refractivity contribution in [3.63, 3.8) is 0 Å². The topological polar surface area (TPSA) is 58.2 Å². The zero-order chi connectivity index (χ0) is 16.7.